The molecular weight excluding hydrogens is 366 g/mol. The van der Waals surface area contributed by atoms with Crippen molar-refractivity contribution in [3.63, 3.8) is 0 Å². The maximum atomic E-state index is 11.4. The highest BCUT2D eigenvalue weighted by molar-refractivity contribution is 5.75. The van der Waals surface area contributed by atoms with Gasteiger partial charge in [0.1, 0.15) is 0 Å². The highest BCUT2D eigenvalue weighted by Gasteiger charge is 2.23. The summed E-state index contributed by atoms with van der Waals surface area (Å²) < 4.78 is 0. The first kappa shape index (κ1) is 26.2. The van der Waals surface area contributed by atoms with Gasteiger partial charge >= 0.3 is 0 Å². The van der Waals surface area contributed by atoms with Gasteiger partial charge in [-0.25, -0.2) is 0 Å². The van der Waals surface area contributed by atoms with Crippen molar-refractivity contribution in [2.45, 2.75) is 90.4 Å². The Morgan fingerprint density at radius 3 is 2.40 bits per heavy atom. The average Bonchev–Trinajstić information content (AvgIpc) is 3.19. The number of carbonyl (C=O) groups excluding carboxylic acids is 1. The maximum absolute atomic E-state index is 11.4. The number of hydrogen-bond donors (Lipinski definition) is 1. The molecule has 1 amide bonds. The molecule has 1 aliphatic carbocycles. The van der Waals surface area contributed by atoms with Gasteiger partial charge in [0.15, 0.2) is 0 Å². The van der Waals surface area contributed by atoms with E-state index in [4.69, 9.17) is 0 Å². The van der Waals surface area contributed by atoms with Gasteiger partial charge in [-0.15, -0.1) is 6.58 Å². The smallest absolute Gasteiger partial charge is 0.219 e. The summed E-state index contributed by atoms with van der Waals surface area (Å²) in [5.74, 6) is 1.77. The van der Waals surface area contributed by atoms with E-state index in [-0.39, 0.29) is 5.91 Å². The van der Waals surface area contributed by atoms with E-state index in [2.05, 4.69) is 60.5 Å². The Labute approximate surface area is 186 Å². The van der Waals surface area contributed by atoms with Gasteiger partial charge in [-0.05, 0) is 89.4 Å². The molecule has 0 radical (unpaired) electrons. The summed E-state index contributed by atoms with van der Waals surface area (Å²) in [6, 6.07) is 0. The zero-order chi connectivity index (χ0) is 21.7. The summed E-state index contributed by atoms with van der Waals surface area (Å²) in [6.45, 7) is 6.43. The Kier molecular flexibility index (Phi) is 16.7. The molecule has 1 saturated carbocycles. The van der Waals surface area contributed by atoms with Crippen LogP contribution in [0, 0.1) is 11.8 Å². The minimum absolute atomic E-state index is 0.180. The minimum Gasteiger partial charge on any atom is -0.356 e. The molecule has 0 aromatic rings. The van der Waals surface area contributed by atoms with Crippen molar-refractivity contribution < 1.29 is 4.79 Å². The van der Waals surface area contributed by atoms with Crippen molar-refractivity contribution in [2.75, 3.05) is 6.54 Å². The van der Waals surface area contributed by atoms with Crippen LogP contribution in [0.1, 0.15) is 90.4 Å². The van der Waals surface area contributed by atoms with E-state index in [1.54, 1.807) is 0 Å². The van der Waals surface area contributed by atoms with Crippen LogP contribution < -0.4 is 5.32 Å². The van der Waals surface area contributed by atoms with Gasteiger partial charge < -0.3 is 5.32 Å². The Hall–Kier alpha value is -1.83. The van der Waals surface area contributed by atoms with Crippen LogP contribution in [-0.4, -0.2) is 12.5 Å². The molecule has 2 atom stereocenters. The van der Waals surface area contributed by atoms with Crippen molar-refractivity contribution >= 4 is 5.91 Å². The number of rotatable bonds is 17. The predicted molar refractivity (Wildman–Crippen MR) is 132 cm³/mol. The molecule has 0 aromatic heterocycles. The first-order valence-electron chi connectivity index (χ1n) is 12.3. The van der Waals surface area contributed by atoms with Crippen molar-refractivity contribution in [1.82, 2.24) is 5.32 Å². The number of allylic oxidation sites excluding steroid dienone is 9. The third-order valence-electron chi connectivity index (χ3n) is 5.77. The van der Waals surface area contributed by atoms with Gasteiger partial charge in [-0.2, -0.15) is 0 Å². The van der Waals surface area contributed by atoms with Crippen LogP contribution in [0.15, 0.2) is 61.3 Å². The fraction of sp³-hybridized carbons (Fsp3) is 0.607. The van der Waals surface area contributed by atoms with E-state index in [9.17, 15) is 4.79 Å². The molecule has 0 spiro atoms. The predicted octanol–water partition coefficient (Wildman–Crippen LogP) is 7.85. The van der Waals surface area contributed by atoms with Gasteiger partial charge in [0, 0.05) is 13.0 Å². The lowest BCUT2D eigenvalue weighted by molar-refractivity contribution is -0.121. The largest absolute Gasteiger partial charge is 0.356 e. The fourth-order valence-electron chi connectivity index (χ4n) is 4.03. The third kappa shape index (κ3) is 14.2. The molecule has 0 aromatic carbocycles. The zero-order valence-electron chi connectivity index (χ0n) is 19.4. The quantitative estimate of drug-likeness (QED) is 0.147. The normalized spacial score (nSPS) is 19.6. The second-order valence-electron chi connectivity index (χ2n) is 8.34. The van der Waals surface area contributed by atoms with Gasteiger partial charge in [-0.3, -0.25) is 4.79 Å². The van der Waals surface area contributed by atoms with Gasteiger partial charge in [0.2, 0.25) is 5.91 Å². The molecule has 1 fully saturated rings. The summed E-state index contributed by atoms with van der Waals surface area (Å²) >= 11 is 0. The topological polar surface area (TPSA) is 29.1 Å². The molecule has 1 unspecified atom stereocenters. The molecule has 1 aliphatic rings. The molecule has 0 bridgehead atoms. The Bertz CT molecular complexity index is 555. The molecular formula is C28H45NO. The second-order valence-corrected chi connectivity index (χ2v) is 8.34. The summed E-state index contributed by atoms with van der Waals surface area (Å²) in [6.07, 6.45) is 35.3. The van der Waals surface area contributed by atoms with E-state index in [1.807, 2.05) is 13.0 Å². The summed E-state index contributed by atoms with van der Waals surface area (Å²) in [4.78, 5) is 11.4. The average molecular weight is 412 g/mol. The minimum atomic E-state index is 0.180. The van der Waals surface area contributed by atoms with E-state index >= 15 is 0 Å². The lowest BCUT2D eigenvalue weighted by Crippen LogP contribution is -2.21. The number of carbonyl (C=O) groups is 1. The van der Waals surface area contributed by atoms with Crippen LogP contribution in [-0.2, 0) is 4.79 Å². The van der Waals surface area contributed by atoms with Crippen LogP contribution in [0.25, 0.3) is 0 Å². The molecule has 0 aliphatic heterocycles. The third-order valence-corrected chi connectivity index (χ3v) is 5.77. The van der Waals surface area contributed by atoms with Crippen molar-refractivity contribution in [3.05, 3.63) is 61.3 Å². The highest BCUT2D eigenvalue weighted by Crippen LogP contribution is 2.35. The Balaban J connectivity index is 2.09. The molecule has 2 nitrogen and oxygen atoms in total. The standard InChI is InChI=1S/C28H45NO/c1-3-5-6-7-8-9-10-11-12-13-14-17-21-26-23-20-24-27(26)22-18-15-16-19-25-28(30)29-4-2/h3,7-10,15,17-18,21,26-27H,1,4-6,11-14,16,19-20,22-25H2,2H3,(H,29,30)/b8-7?,10-9-,18-15-,21-17+/t26-,27?/m0/s1. The number of nitrogens with one attached hydrogen (secondary N) is 1. The molecule has 2 heteroatoms. The van der Waals surface area contributed by atoms with Crippen molar-refractivity contribution in [2.24, 2.45) is 11.8 Å². The highest BCUT2D eigenvalue weighted by atomic mass is 16.1. The second kappa shape index (κ2) is 19.2. The Morgan fingerprint density at radius 2 is 1.63 bits per heavy atom. The lowest BCUT2D eigenvalue weighted by atomic mass is 9.92. The van der Waals surface area contributed by atoms with Gasteiger partial charge in [0.05, 0.1) is 0 Å². The van der Waals surface area contributed by atoms with E-state index in [1.165, 1.54) is 51.4 Å². The van der Waals surface area contributed by atoms with Crippen LogP contribution >= 0.6 is 0 Å². The van der Waals surface area contributed by atoms with Gasteiger partial charge in [-0.1, -0.05) is 61.1 Å². The monoisotopic (exact) mass is 411 g/mol. The first-order chi connectivity index (χ1) is 14.8. The first-order valence-corrected chi connectivity index (χ1v) is 12.3. The van der Waals surface area contributed by atoms with Crippen LogP contribution in [0.4, 0.5) is 0 Å². The Morgan fingerprint density at radius 1 is 0.900 bits per heavy atom. The summed E-state index contributed by atoms with van der Waals surface area (Å²) in [5.41, 5.74) is 0. The van der Waals surface area contributed by atoms with Crippen molar-refractivity contribution in [3.8, 4) is 0 Å². The van der Waals surface area contributed by atoms with Crippen LogP contribution in [0.3, 0.4) is 0 Å². The summed E-state index contributed by atoms with van der Waals surface area (Å²) in [7, 11) is 0. The van der Waals surface area contributed by atoms with E-state index in [0.29, 0.717) is 6.42 Å². The van der Waals surface area contributed by atoms with E-state index < -0.39 is 0 Å². The molecule has 168 valence electrons. The number of amides is 1. The zero-order valence-corrected chi connectivity index (χ0v) is 19.4. The number of unbranched alkanes of at least 4 members (excludes halogenated alkanes) is 5. The maximum Gasteiger partial charge on any atom is 0.219 e. The van der Waals surface area contributed by atoms with E-state index in [0.717, 1.165) is 44.1 Å². The fourth-order valence-corrected chi connectivity index (χ4v) is 4.03. The summed E-state index contributed by atoms with van der Waals surface area (Å²) in [5, 5.41) is 2.86. The van der Waals surface area contributed by atoms with Crippen molar-refractivity contribution in [1.29, 1.82) is 0 Å². The van der Waals surface area contributed by atoms with Crippen LogP contribution in [0.2, 0.25) is 0 Å². The van der Waals surface area contributed by atoms with Gasteiger partial charge in [0.25, 0.3) is 0 Å². The molecule has 1 N–H and O–H groups in total. The van der Waals surface area contributed by atoms with Crippen LogP contribution in [0.5, 0.6) is 0 Å². The molecule has 0 saturated heterocycles. The lowest BCUT2D eigenvalue weighted by Gasteiger charge is -2.14. The molecule has 1 rings (SSSR count). The SMILES string of the molecule is C=CCCC=C/C=C\CCCC/C=C/[C@H]1CCCC1C/C=C\CCCC(=O)NCC. The number of hydrogen-bond acceptors (Lipinski definition) is 1. The molecule has 0 heterocycles. The molecule has 30 heavy (non-hydrogen) atoms.